The zero-order valence-electron chi connectivity index (χ0n) is 15.7. The van der Waals surface area contributed by atoms with Crippen LogP contribution in [-0.4, -0.2) is 32.0 Å². The van der Waals surface area contributed by atoms with Gasteiger partial charge in [0, 0.05) is 11.9 Å². The minimum Gasteiger partial charge on any atom is -0.338 e. The number of primary sulfonamides is 1. The molecule has 28 heavy (non-hydrogen) atoms. The van der Waals surface area contributed by atoms with E-state index in [1.807, 2.05) is 25.1 Å². The Morgan fingerprint density at radius 1 is 1.04 bits per heavy atom. The van der Waals surface area contributed by atoms with Gasteiger partial charge in [0.25, 0.3) is 0 Å². The molecule has 0 heterocycles. The van der Waals surface area contributed by atoms with Gasteiger partial charge in [-0.3, -0.25) is 4.79 Å². The Bertz CT molecular complexity index is 1100. The molecule has 3 aromatic rings. The third-order valence-corrected chi connectivity index (χ3v) is 6.66. The van der Waals surface area contributed by atoms with Gasteiger partial charge in [-0.25, -0.2) is 13.6 Å². The molecule has 0 radical (unpaired) electrons. The molecule has 7 heteroatoms. The highest BCUT2D eigenvalue weighted by Crippen LogP contribution is 2.26. The number of carbonyl (C=O) groups is 1. The lowest BCUT2D eigenvalue weighted by atomic mass is 10.1. The van der Waals surface area contributed by atoms with E-state index in [1.165, 1.54) is 29.3 Å². The van der Waals surface area contributed by atoms with Crippen molar-refractivity contribution in [3.8, 4) is 0 Å². The maximum absolute atomic E-state index is 12.6. The number of nitrogens with zero attached hydrogens (tertiary/aromatic N) is 1. The normalized spacial score (nSPS) is 12.7. The second-order valence-electron chi connectivity index (χ2n) is 6.59. The van der Waals surface area contributed by atoms with Crippen LogP contribution in [0.4, 0.5) is 0 Å². The molecule has 3 rings (SSSR count). The minimum atomic E-state index is -3.72. The van der Waals surface area contributed by atoms with Crippen molar-refractivity contribution >= 4 is 38.5 Å². The third kappa shape index (κ3) is 4.73. The third-order valence-electron chi connectivity index (χ3n) is 4.75. The fourth-order valence-electron chi connectivity index (χ4n) is 2.88. The summed E-state index contributed by atoms with van der Waals surface area (Å²) in [6.45, 7) is 1.91. The van der Waals surface area contributed by atoms with Gasteiger partial charge in [0.05, 0.1) is 16.7 Å². The summed E-state index contributed by atoms with van der Waals surface area (Å²) in [5.41, 5.74) is 0.846. The first kappa shape index (κ1) is 20.4. The van der Waals surface area contributed by atoms with Crippen LogP contribution in [0.1, 0.15) is 18.5 Å². The van der Waals surface area contributed by atoms with Crippen molar-refractivity contribution in [3.05, 3.63) is 72.3 Å². The maximum Gasteiger partial charge on any atom is 0.238 e. The number of benzene rings is 3. The Labute approximate surface area is 169 Å². The topological polar surface area (TPSA) is 80.5 Å². The van der Waals surface area contributed by atoms with Gasteiger partial charge < -0.3 is 4.90 Å². The van der Waals surface area contributed by atoms with Crippen molar-refractivity contribution in [3.63, 3.8) is 0 Å². The van der Waals surface area contributed by atoms with E-state index in [0.717, 1.165) is 15.8 Å². The lowest BCUT2D eigenvalue weighted by Crippen LogP contribution is -2.31. The molecule has 1 amide bonds. The molecule has 0 fully saturated rings. The molecule has 0 aliphatic rings. The summed E-state index contributed by atoms with van der Waals surface area (Å²) in [5.74, 6) is 0.329. The lowest BCUT2D eigenvalue weighted by Gasteiger charge is -2.25. The fraction of sp³-hybridized carbons (Fsp3) is 0.190. The van der Waals surface area contributed by atoms with E-state index in [0.29, 0.717) is 5.75 Å². The van der Waals surface area contributed by atoms with E-state index in [2.05, 4.69) is 24.3 Å². The summed E-state index contributed by atoms with van der Waals surface area (Å²) in [7, 11) is -1.97. The second kappa shape index (κ2) is 8.34. The summed E-state index contributed by atoms with van der Waals surface area (Å²) in [5, 5.41) is 7.45. The number of hydrogen-bond donors (Lipinski definition) is 1. The maximum atomic E-state index is 12.6. The van der Waals surface area contributed by atoms with Gasteiger partial charge in [-0.1, -0.05) is 42.5 Å². The predicted octanol–water partition coefficient (Wildman–Crippen LogP) is 3.80. The molecular formula is C21H22N2O3S2. The molecule has 0 spiro atoms. The first-order valence-corrected chi connectivity index (χ1v) is 11.3. The van der Waals surface area contributed by atoms with Crippen LogP contribution < -0.4 is 5.14 Å². The highest BCUT2D eigenvalue weighted by Gasteiger charge is 2.18. The Morgan fingerprint density at radius 2 is 1.68 bits per heavy atom. The fourth-order valence-corrected chi connectivity index (χ4v) is 4.26. The van der Waals surface area contributed by atoms with Crippen molar-refractivity contribution in [2.45, 2.75) is 22.8 Å². The van der Waals surface area contributed by atoms with Gasteiger partial charge >= 0.3 is 0 Å². The number of carbonyl (C=O) groups excluding carboxylic acids is 1. The molecule has 2 N–H and O–H groups in total. The Morgan fingerprint density at radius 3 is 2.32 bits per heavy atom. The van der Waals surface area contributed by atoms with E-state index in [4.69, 9.17) is 5.14 Å². The Hall–Kier alpha value is -2.35. The average Bonchev–Trinajstić information content (AvgIpc) is 2.70. The smallest absolute Gasteiger partial charge is 0.238 e. The molecule has 0 aromatic heterocycles. The molecule has 1 atom stereocenters. The molecule has 0 saturated carbocycles. The van der Waals surface area contributed by atoms with Gasteiger partial charge in [0.15, 0.2) is 0 Å². The number of nitrogens with two attached hydrogens (primary N) is 1. The Balaban J connectivity index is 1.64. The van der Waals surface area contributed by atoms with Gasteiger partial charge in [-0.15, -0.1) is 11.8 Å². The highest BCUT2D eigenvalue weighted by atomic mass is 32.2. The van der Waals surface area contributed by atoms with Crippen LogP contribution in [0.2, 0.25) is 0 Å². The van der Waals surface area contributed by atoms with Gasteiger partial charge in [0.1, 0.15) is 0 Å². The van der Waals surface area contributed by atoms with Crippen molar-refractivity contribution in [2.24, 2.45) is 5.14 Å². The SMILES string of the molecule is CC(c1ccc(S(N)(=O)=O)cc1)N(C)C(=O)CSc1ccc2ccccc2c1. The Kier molecular flexibility index (Phi) is 6.07. The van der Waals surface area contributed by atoms with E-state index in [9.17, 15) is 13.2 Å². The molecule has 0 saturated heterocycles. The number of rotatable bonds is 6. The molecule has 146 valence electrons. The van der Waals surface area contributed by atoms with E-state index in [-0.39, 0.29) is 16.8 Å². The first-order chi connectivity index (χ1) is 13.3. The zero-order valence-corrected chi connectivity index (χ0v) is 17.3. The molecule has 0 aliphatic carbocycles. The molecule has 1 unspecified atom stereocenters. The standard InChI is InChI=1S/C21H22N2O3S2/c1-15(16-8-11-20(12-9-16)28(22,25)26)23(2)21(24)14-27-19-10-7-17-5-3-4-6-18(17)13-19/h3-13,15H,14H2,1-2H3,(H2,22,25,26). The van der Waals surface area contributed by atoms with Crippen LogP contribution in [0.5, 0.6) is 0 Å². The highest BCUT2D eigenvalue weighted by molar-refractivity contribution is 8.00. The van der Waals surface area contributed by atoms with Crippen LogP contribution >= 0.6 is 11.8 Å². The summed E-state index contributed by atoms with van der Waals surface area (Å²) < 4.78 is 22.7. The van der Waals surface area contributed by atoms with Gasteiger partial charge in [-0.2, -0.15) is 0 Å². The van der Waals surface area contributed by atoms with E-state index < -0.39 is 10.0 Å². The van der Waals surface area contributed by atoms with E-state index in [1.54, 1.807) is 24.1 Å². The summed E-state index contributed by atoms with van der Waals surface area (Å²) >= 11 is 1.50. The molecule has 0 aliphatic heterocycles. The van der Waals surface area contributed by atoms with Crippen LogP contribution in [0.3, 0.4) is 0 Å². The van der Waals surface area contributed by atoms with Crippen molar-refractivity contribution in [1.29, 1.82) is 0 Å². The van der Waals surface area contributed by atoms with Crippen LogP contribution in [-0.2, 0) is 14.8 Å². The molecule has 0 bridgehead atoms. The van der Waals surface area contributed by atoms with Crippen molar-refractivity contribution in [1.82, 2.24) is 4.90 Å². The number of sulfonamides is 1. The van der Waals surface area contributed by atoms with Crippen LogP contribution in [0.25, 0.3) is 10.8 Å². The molecule has 5 nitrogen and oxygen atoms in total. The van der Waals surface area contributed by atoms with Crippen LogP contribution in [0.15, 0.2) is 76.5 Å². The number of hydrogen-bond acceptors (Lipinski definition) is 4. The van der Waals surface area contributed by atoms with Crippen molar-refractivity contribution in [2.75, 3.05) is 12.8 Å². The summed E-state index contributed by atoms with van der Waals surface area (Å²) in [4.78, 5) is 15.4. The van der Waals surface area contributed by atoms with Crippen LogP contribution in [0, 0.1) is 0 Å². The zero-order chi connectivity index (χ0) is 20.3. The largest absolute Gasteiger partial charge is 0.338 e. The van der Waals surface area contributed by atoms with Gasteiger partial charge in [0.2, 0.25) is 15.9 Å². The average molecular weight is 415 g/mol. The van der Waals surface area contributed by atoms with Crippen molar-refractivity contribution < 1.29 is 13.2 Å². The number of thioether (sulfide) groups is 1. The summed E-state index contributed by atoms with van der Waals surface area (Å²) in [6, 6.07) is 20.4. The van der Waals surface area contributed by atoms with Gasteiger partial charge in [-0.05, 0) is 47.5 Å². The first-order valence-electron chi connectivity index (χ1n) is 8.76. The monoisotopic (exact) mass is 414 g/mol. The lowest BCUT2D eigenvalue weighted by molar-refractivity contribution is -0.128. The number of amides is 1. The minimum absolute atomic E-state index is 0.00109. The second-order valence-corrected chi connectivity index (χ2v) is 9.20. The predicted molar refractivity (Wildman–Crippen MR) is 114 cm³/mol. The molecule has 3 aromatic carbocycles. The quantitative estimate of drug-likeness (QED) is 0.622. The summed E-state index contributed by atoms with van der Waals surface area (Å²) in [6.07, 6.45) is 0. The van der Waals surface area contributed by atoms with E-state index >= 15 is 0 Å². The molecular weight excluding hydrogens is 392 g/mol. The number of fused-ring (bicyclic) bond motifs is 1.